The van der Waals surface area contributed by atoms with Crippen molar-refractivity contribution >= 4 is 33.8 Å². The Morgan fingerprint density at radius 3 is 2.46 bits per heavy atom. The standard InChI is InChI=1S/C18H21BrN2O3/c1-24-16-6-5-15(19)12-14(16)4-7-17(22)20-8-10-21(11-9-20)18(23)13-2-3-13/h4-7,12-13H,2-3,8-11H2,1H3. The monoisotopic (exact) mass is 392 g/mol. The van der Waals surface area contributed by atoms with Crippen molar-refractivity contribution < 1.29 is 14.3 Å². The van der Waals surface area contributed by atoms with Gasteiger partial charge in [0.05, 0.1) is 7.11 Å². The van der Waals surface area contributed by atoms with Crippen molar-refractivity contribution in [2.45, 2.75) is 12.8 Å². The van der Waals surface area contributed by atoms with E-state index in [-0.39, 0.29) is 17.7 Å². The van der Waals surface area contributed by atoms with Crippen molar-refractivity contribution in [2.24, 2.45) is 5.92 Å². The van der Waals surface area contributed by atoms with E-state index in [2.05, 4.69) is 15.9 Å². The Labute approximate surface area is 150 Å². The van der Waals surface area contributed by atoms with Crippen molar-refractivity contribution in [1.29, 1.82) is 0 Å². The number of ether oxygens (including phenoxy) is 1. The predicted molar refractivity (Wildman–Crippen MR) is 95.6 cm³/mol. The van der Waals surface area contributed by atoms with Gasteiger partial charge in [0.1, 0.15) is 5.75 Å². The molecule has 2 fully saturated rings. The van der Waals surface area contributed by atoms with Crippen LogP contribution in [-0.4, -0.2) is 54.9 Å². The van der Waals surface area contributed by atoms with Gasteiger partial charge >= 0.3 is 0 Å². The summed E-state index contributed by atoms with van der Waals surface area (Å²) in [5.41, 5.74) is 0.850. The number of carbonyl (C=O) groups is 2. The second-order valence-corrected chi connectivity index (χ2v) is 7.06. The molecule has 0 spiro atoms. The van der Waals surface area contributed by atoms with Gasteiger partial charge in [-0.15, -0.1) is 0 Å². The summed E-state index contributed by atoms with van der Waals surface area (Å²) in [5.74, 6) is 1.20. The van der Waals surface area contributed by atoms with Crippen LogP contribution >= 0.6 is 15.9 Å². The van der Waals surface area contributed by atoms with Crippen LogP contribution in [-0.2, 0) is 9.59 Å². The molecular weight excluding hydrogens is 372 g/mol. The minimum Gasteiger partial charge on any atom is -0.496 e. The van der Waals surface area contributed by atoms with Crippen LogP contribution in [0.15, 0.2) is 28.7 Å². The lowest BCUT2D eigenvalue weighted by Gasteiger charge is -2.34. The van der Waals surface area contributed by atoms with Crippen LogP contribution < -0.4 is 4.74 Å². The molecule has 0 bridgehead atoms. The number of amides is 2. The molecule has 1 heterocycles. The first kappa shape index (κ1) is 17.0. The van der Waals surface area contributed by atoms with Gasteiger partial charge in [0.25, 0.3) is 0 Å². The van der Waals surface area contributed by atoms with E-state index in [1.165, 1.54) is 0 Å². The van der Waals surface area contributed by atoms with Gasteiger partial charge in [-0.2, -0.15) is 0 Å². The van der Waals surface area contributed by atoms with E-state index in [4.69, 9.17) is 4.74 Å². The van der Waals surface area contributed by atoms with Crippen LogP contribution in [0.1, 0.15) is 18.4 Å². The second-order valence-electron chi connectivity index (χ2n) is 6.14. The topological polar surface area (TPSA) is 49.9 Å². The van der Waals surface area contributed by atoms with E-state index in [1.54, 1.807) is 24.2 Å². The summed E-state index contributed by atoms with van der Waals surface area (Å²) >= 11 is 3.42. The van der Waals surface area contributed by atoms with Crippen LogP contribution in [0.3, 0.4) is 0 Å². The lowest BCUT2D eigenvalue weighted by molar-refractivity contribution is -0.138. The molecule has 0 unspecified atom stereocenters. The molecule has 2 amide bonds. The summed E-state index contributed by atoms with van der Waals surface area (Å²) < 4.78 is 6.24. The molecule has 5 nitrogen and oxygen atoms in total. The highest BCUT2D eigenvalue weighted by Crippen LogP contribution is 2.31. The van der Waals surface area contributed by atoms with Gasteiger partial charge in [-0.05, 0) is 37.1 Å². The summed E-state index contributed by atoms with van der Waals surface area (Å²) in [5, 5.41) is 0. The zero-order chi connectivity index (χ0) is 17.1. The summed E-state index contributed by atoms with van der Waals surface area (Å²) in [6.07, 6.45) is 5.39. The van der Waals surface area contributed by atoms with Crippen LogP contribution in [0.2, 0.25) is 0 Å². The smallest absolute Gasteiger partial charge is 0.246 e. The molecule has 1 aliphatic carbocycles. The Morgan fingerprint density at radius 1 is 1.17 bits per heavy atom. The number of hydrogen-bond donors (Lipinski definition) is 0. The number of rotatable bonds is 4. The molecule has 3 rings (SSSR count). The summed E-state index contributed by atoms with van der Waals surface area (Å²) in [4.78, 5) is 28.1. The van der Waals surface area contributed by atoms with Crippen molar-refractivity contribution in [3.8, 4) is 5.75 Å². The van der Waals surface area contributed by atoms with Crippen molar-refractivity contribution in [1.82, 2.24) is 9.80 Å². The minimum atomic E-state index is -0.0319. The largest absolute Gasteiger partial charge is 0.496 e. The van der Waals surface area contributed by atoms with E-state index < -0.39 is 0 Å². The Hall–Kier alpha value is -1.82. The molecule has 1 aliphatic heterocycles. The Balaban J connectivity index is 1.57. The Morgan fingerprint density at radius 2 is 1.83 bits per heavy atom. The number of piperazine rings is 1. The maximum Gasteiger partial charge on any atom is 0.246 e. The predicted octanol–water partition coefficient (Wildman–Crippen LogP) is 2.55. The first-order valence-corrected chi connectivity index (χ1v) is 8.97. The van der Waals surface area contributed by atoms with Gasteiger partial charge in [-0.3, -0.25) is 9.59 Å². The third-order valence-electron chi connectivity index (χ3n) is 4.43. The zero-order valence-corrected chi connectivity index (χ0v) is 15.3. The molecule has 0 atom stereocenters. The van der Waals surface area contributed by atoms with Crippen molar-refractivity contribution in [3.05, 3.63) is 34.3 Å². The molecule has 128 valence electrons. The normalized spacial score (nSPS) is 18.1. The lowest BCUT2D eigenvalue weighted by atomic mass is 10.2. The summed E-state index contributed by atoms with van der Waals surface area (Å²) in [6, 6.07) is 5.67. The average Bonchev–Trinajstić information content (AvgIpc) is 3.44. The minimum absolute atomic E-state index is 0.0319. The fourth-order valence-corrected chi connectivity index (χ4v) is 3.22. The molecule has 1 saturated heterocycles. The fraction of sp³-hybridized carbons (Fsp3) is 0.444. The first-order valence-electron chi connectivity index (χ1n) is 8.18. The van der Waals surface area contributed by atoms with Crippen LogP contribution in [0.25, 0.3) is 6.08 Å². The van der Waals surface area contributed by atoms with Gasteiger partial charge in [0.15, 0.2) is 0 Å². The second kappa shape index (κ2) is 7.38. The van der Waals surface area contributed by atoms with Gasteiger partial charge in [-0.25, -0.2) is 0 Å². The van der Waals surface area contributed by atoms with Crippen molar-refractivity contribution in [3.63, 3.8) is 0 Å². The highest BCUT2D eigenvalue weighted by molar-refractivity contribution is 9.10. The molecule has 0 aromatic heterocycles. The van der Waals surface area contributed by atoms with E-state index in [0.717, 1.165) is 28.6 Å². The highest BCUT2D eigenvalue weighted by atomic mass is 79.9. The number of carbonyl (C=O) groups excluding carboxylic acids is 2. The molecule has 1 aromatic rings. The first-order chi connectivity index (χ1) is 11.6. The third kappa shape index (κ3) is 3.98. The SMILES string of the molecule is COc1ccc(Br)cc1C=CC(=O)N1CCN(C(=O)C2CC2)CC1. The van der Waals surface area contributed by atoms with Gasteiger partial charge in [0, 0.05) is 48.2 Å². The van der Waals surface area contributed by atoms with E-state index in [0.29, 0.717) is 26.2 Å². The Bertz CT molecular complexity index is 662. The average molecular weight is 393 g/mol. The summed E-state index contributed by atoms with van der Waals surface area (Å²) in [6.45, 7) is 2.46. The molecule has 1 aromatic carbocycles. The van der Waals surface area contributed by atoms with E-state index in [1.807, 2.05) is 23.1 Å². The maximum atomic E-state index is 12.4. The number of hydrogen-bond acceptors (Lipinski definition) is 3. The third-order valence-corrected chi connectivity index (χ3v) is 4.92. The molecule has 0 radical (unpaired) electrons. The maximum absolute atomic E-state index is 12.4. The highest BCUT2D eigenvalue weighted by Gasteiger charge is 2.34. The number of nitrogens with zero attached hydrogens (tertiary/aromatic N) is 2. The van der Waals surface area contributed by atoms with Gasteiger partial charge in [-0.1, -0.05) is 15.9 Å². The van der Waals surface area contributed by atoms with Crippen LogP contribution in [0.5, 0.6) is 5.75 Å². The van der Waals surface area contributed by atoms with Crippen LogP contribution in [0, 0.1) is 5.92 Å². The van der Waals surface area contributed by atoms with Crippen LogP contribution in [0.4, 0.5) is 0 Å². The molecule has 24 heavy (non-hydrogen) atoms. The molecule has 2 aliphatic rings. The zero-order valence-electron chi connectivity index (χ0n) is 13.7. The molecular formula is C18H21BrN2O3. The Kier molecular flexibility index (Phi) is 5.23. The molecule has 6 heteroatoms. The summed E-state index contributed by atoms with van der Waals surface area (Å²) in [7, 11) is 1.61. The fourth-order valence-electron chi connectivity index (χ4n) is 2.84. The molecule has 1 saturated carbocycles. The van der Waals surface area contributed by atoms with Gasteiger partial charge < -0.3 is 14.5 Å². The van der Waals surface area contributed by atoms with E-state index in [9.17, 15) is 9.59 Å². The van der Waals surface area contributed by atoms with Gasteiger partial charge in [0.2, 0.25) is 11.8 Å². The number of methoxy groups -OCH3 is 1. The lowest BCUT2D eigenvalue weighted by Crippen LogP contribution is -2.50. The quantitative estimate of drug-likeness (QED) is 0.739. The van der Waals surface area contributed by atoms with E-state index >= 15 is 0 Å². The number of halogens is 1. The molecule has 0 N–H and O–H groups in total. The number of benzene rings is 1. The van der Waals surface area contributed by atoms with Crippen molar-refractivity contribution in [2.75, 3.05) is 33.3 Å².